The van der Waals surface area contributed by atoms with Crippen LogP contribution in [-0.2, 0) is 0 Å². The van der Waals surface area contributed by atoms with Gasteiger partial charge in [-0.05, 0) is 6.07 Å². The van der Waals surface area contributed by atoms with Gasteiger partial charge in [0.2, 0.25) is 0 Å². The van der Waals surface area contributed by atoms with Crippen LogP contribution in [0.25, 0.3) is 5.69 Å². The molecule has 20 heavy (non-hydrogen) atoms. The van der Waals surface area contributed by atoms with Crippen LogP contribution in [0.4, 0.5) is 10.1 Å². The minimum Gasteiger partial charge on any atom is -0.343 e. The summed E-state index contributed by atoms with van der Waals surface area (Å²) in [6.07, 6.45) is 1.44. The minimum atomic E-state index is -0.745. The van der Waals surface area contributed by atoms with Gasteiger partial charge in [-0.3, -0.25) is 14.9 Å². The molecule has 0 bridgehead atoms. The lowest BCUT2D eigenvalue weighted by Crippen LogP contribution is -2.22. The van der Waals surface area contributed by atoms with Gasteiger partial charge in [-0.25, -0.2) is 9.07 Å². The molecular formula is C12H11FN4O3. The zero-order chi connectivity index (χ0) is 14.9. The molecule has 0 radical (unpaired) electrons. The topological polar surface area (TPSA) is 81.3 Å². The van der Waals surface area contributed by atoms with Gasteiger partial charge in [0, 0.05) is 32.4 Å². The lowest BCUT2D eigenvalue weighted by atomic mass is 10.3. The molecule has 0 spiro atoms. The third-order valence-corrected chi connectivity index (χ3v) is 2.56. The summed E-state index contributed by atoms with van der Waals surface area (Å²) < 4.78 is 14.6. The average molecular weight is 278 g/mol. The number of hydrogen-bond donors (Lipinski definition) is 0. The first-order valence-electron chi connectivity index (χ1n) is 5.61. The highest BCUT2D eigenvalue weighted by atomic mass is 19.1. The number of benzene rings is 1. The summed E-state index contributed by atoms with van der Waals surface area (Å²) >= 11 is 0. The van der Waals surface area contributed by atoms with Gasteiger partial charge in [-0.1, -0.05) is 0 Å². The van der Waals surface area contributed by atoms with Gasteiger partial charge in [-0.15, -0.1) is 0 Å². The van der Waals surface area contributed by atoms with Gasteiger partial charge in [0.15, 0.2) is 5.69 Å². The van der Waals surface area contributed by atoms with E-state index in [0.717, 1.165) is 12.1 Å². The van der Waals surface area contributed by atoms with Gasteiger partial charge in [-0.2, -0.15) is 5.10 Å². The molecule has 1 aromatic heterocycles. The third-order valence-electron chi connectivity index (χ3n) is 2.56. The molecule has 7 nitrogen and oxygen atoms in total. The number of non-ortho nitro benzene ring substituents is 1. The van der Waals surface area contributed by atoms with Crippen molar-refractivity contribution in [1.29, 1.82) is 0 Å². The van der Waals surface area contributed by atoms with Gasteiger partial charge in [0.1, 0.15) is 5.82 Å². The van der Waals surface area contributed by atoms with Crippen molar-refractivity contribution in [1.82, 2.24) is 14.7 Å². The van der Waals surface area contributed by atoms with E-state index in [-0.39, 0.29) is 23.0 Å². The van der Waals surface area contributed by atoms with Crippen molar-refractivity contribution in [3.63, 3.8) is 0 Å². The Labute approximate surface area is 113 Å². The summed E-state index contributed by atoms with van der Waals surface area (Å²) in [7, 11) is 3.16. The second kappa shape index (κ2) is 5.08. The molecule has 2 aromatic rings. The molecule has 0 aliphatic heterocycles. The molecule has 0 aliphatic carbocycles. The number of nitro groups is 1. The molecule has 0 saturated heterocycles. The van der Waals surface area contributed by atoms with Crippen LogP contribution in [0.3, 0.4) is 0 Å². The van der Waals surface area contributed by atoms with E-state index in [1.807, 2.05) is 0 Å². The fourth-order valence-corrected chi connectivity index (χ4v) is 1.61. The Morgan fingerprint density at radius 3 is 2.70 bits per heavy atom. The van der Waals surface area contributed by atoms with E-state index >= 15 is 0 Å². The lowest BCUT2D eigenvalue weighted by molar-refractivity contribution is -0.385. The van der Waals surface area contributed by atoms with E-state index < -0.39 is 10.7 Å². The van der Waals surface area contributed by atoms with Crippen LogP contribution in [0.2, 0.25) is 0 Å². The molecule has 0 unspecified atom stereocenters. The first-order chi connectivity index (χ1) is 9.38. The van der Waals surface area contributed by atoms with Crippen LogP contribution in [0, 0.1) is 15.9 Å². The minimum absolute atomic E-state index is 0.168. The van der Waals surface area contributed by atoms with Gasteiger partial charge >= 0.3 is 0 Å². The number of halogens is 1. The number of nitro benzene ring substituents is 1. The van der Waals surface area contributed by atoms with Crippen LogP contribution in [0.15, 0.2) is 30.5 Å². The number of carbonyl (C=O) groups excluding carboxylic acids is 1. The Morgan fingerprint density at radius 1 is 1.40 bits per heavy atom. The molecule has 1 amide bonds. The smallest absolute Gasteiger partial charge is 0.274 e. The molecule has 0 saturated carbocycles. The predicted octanol–water partition coefficient (Wildman–Crippen LogP) is 1.62. The summed E-state index contributed by atoms with van der Waals surface area (Å²) in [5.41, 5.74) is -0.0348. The maximum absolute atomic E-state index is 13.3. The standard InChI is InChI=1S/C12H11FN4O3/c1-15(2)12(18)11-3-4-16(14-11)9-5-8(13)6-10(7-9)17(19)20/h3-7H,1-2H3. The van der Waals surface area contributed by atoms with Crippen molar-refractivity contribution < 1.29 is 14.1 Å². The van der Waals surface area contributed by atoms with Crippen molar-refractivity contribution in [2.45, 2.75) is 0 Å². The first-order valence-corrected chi connectivity index (χ1v) is 5.61. The van der Waals surface area contributed by atoms with E-state index in [4.69, 9.17) is 0 Å². The van der Waals surface area contributed by atoms with Crippen LogP contribution in [0.5, 0.6) is 0 Å². The number of hydrogen-bond acceptors (Lipinski definition) is 4. The fraction of sp³-hybridized carbons (Fsp3) is 0.167. The molecule has 104 valence electrons. The van der Waals surface area contributed by atoms with Crippen LogP contribution in [0.1, 0.15) is 10.5 Å². The lowest BCUT2D eigenvalue weighted by Gasteiger charge is -2.07. The maximum atomic E-state index is 13.3. The van der Waals surface area contributed by atoms with Crippen molar-refractivity contribution in [3.05, 3.63) is 52.1 Å². The number of aromatic nitrogens is 2. The zero-order valence-corrected chi connectivity index (χ0v) is 10.8. The Balaban J connectivity index is 2.42. The number of nitrogens with zero attached hydrogens (tertiary/aromatic N) is 4. The summed E-state index contributed by atoms with van der Waals surface area (Å²) in [5, 5.41) is 14.7. The summed E-state index contributed by atoms with van der Waals surface area (Å²) in [4.78, 5) is 23.0. The molecule has 1 heterocycles. The van der Waals surface area contributed by atoms with Crippen molar-refractivity contribution in [2.75, 3.05) is 14.1 Å². The second-order valence-electron chi connectivity index (χ2n) is 4.27. The second-order valence-corrected chi connectivity index (χ2v) is 4.27. The number of amides is 1. The molecule has 0 N–H and O–H groups in total. The van der Waals surface area contributed by atoms with E-state index in [2.05, 4.69) is 5.10 Å². The molecule has 0 fully saturated rings. The van der Waals surface area contributed by atoms with E-state index in [0.29, 0.717) is 0 Å². The molecule has 0 atom stereocenters. The van der Waals surface area contributed by atoms with Crippen LogP contribution < -0.4 is 0 Å². The van der Waals surface area contributed by atoms with Crippen molar-refractivity contribution >= 4 is 11.6 Å². The normalized spacial score (nSPS) is 10.3. The molecule has 2 rings (SSSR count). The highest BCUT2D eigenvalue weighted by molar-refractivity contribution is 5.91. The molecule has 8 heteroatoms. The van der Waals surface area contributed by atoms with Crippen LogP contribution >= 0.6 is 0 Å². The summed E-state index contributed by atoms with van der Waals surface area (Å²) in [5.74, 6) is -1.06. The largest absolute Gasteiger partial charge is 0.343 e. The quantitative estimate of drug-likeness (QED) is 0.631. The third kappa shape index (κ3) is 2.63. The Bertz CT molecular complexity index is 681. The monoisotopic (exact) mass is 278 g/mol. The fourth-order valence-electron chi connectivity index (χ4n) is 1.61. The summed E-state index contributed by atoms with van der Waals surface area (Å²) in [6.45, 7) is 0. The predicted molar refractivity (Wildman–Crippen MR) is 68.2 cm³/mol. The highest BCUT2D eigenvalue weighted by Gasteiger charge is 2.15. The summed E-state index contributed by atoms with van der Waals surface area (Å²) in [6, 6.07) is 4.56. The Morgan fingerprint density at radius 2 is 2.10 bits per heavy atom. The van der Waals surface area contributed by atoms with Crippen molar-refractivity contribution in [3.8, 4) is 5.69 Å². The van der Waals surface area contributed by atoms with E-state index in [9.17, 15) is 19.3 Å². The molecule has 1 aromatic carbocycles. The molecule has 0 aliphatic rings. The van der Waals surface area contributed by atoms with Gasteiger partial charge in [0.05, 0.1) is 16.7 Å². The zero-order valence-electron chi connectivity index (χ0n) is 10.8. The Kier molecular flexibility index (Phi) is 3.47. The maximum Gasteiger partial charge on any atom is 0.274 e. The van der Waals surface area contributed by atoms with Gasteiger partial charge in [0.25, 0.3) is 11.6 Å². The van der Waals surface area contributed by atoms with E-state index in [1.165, 1.54) is 27.9 Å². The van der Waals surface area contributed by atoms with Crippen LogP contribution in [-0.4, -0.2) is 39.6 Å². The number of rotatable bonds is 3. The Hall–Kier alpha value is -2.77. The average Bonchev–Trinajstić information content (AvgIpc) is 2.86. The SMILES string of the molecule is CN(C)C(=O)c1ccn(-c2cc(F)cc([N+](=O)[O-])c2)n1. The van der Waals surface area contributed by atoms with E-state index in [1.54, 1.807) is 14.1 Å². The van der Waals surface area contributed by atoms with Crippen molar-refractivity contribution in [2.24, 2.45) is 0 Å². The number of carbonyl (C=O) groups is 1. The first kappa shape index (κ1) is 13.7. The highest BCUT2D eigenvalue weighted by Crippen LogP contribution is 2.19. The van der Waals surface area contributed by atoms with Gasteiger partial charge < -0.3 is 4.90 Å². The molecular weight excluding hydrogens is 267 g/mol.